The molecule has 1 aliphatic heterocycles. The van der Waals surface area contributed by atoms with Crippen LogP contribution in [0, 0.1) is 5.82 Å². The Morgan fingerprint density at radius 2 is 2.07 bits per heavy atom. The second-order valence-electron chi connectivity index (χ2n) is 4.00. The quantitative estimate of drug-likeness (QED) is 0.818. The third-order valence-electron chi connectivity index (χ3n) is 2.87. The summed E-state index contributed by atoms with van der Waals surface area (Å²) in [6.45, 7) is 2.79. The van der Waals surface area contributed by atoms with Gasteiger partial charge in [-0.3, -0.25) is 0 Å². The third-order valence-corrected chi connectivity index (χ3v) is 2.87. The Balaban J connectivity index is 2.21. The van der Waals surface area contributed by atoms with E-state index in [2.05, 4.69) is 10.2 Å². The number of halogens is 1. The van der Waals surface area contributed by atoms with Gasteiger partial charge in [0.15, 0.2) is 0 Å². The maximum absolute atomic E-state index is 13.4. The minimum absolute atomic E-state index is 0.118. The zero-order valence-electron chi connectivity index (χ0n) is 9.09. The Bertz CT molecular complexity index is 332. The zero-order chi connectivity index (χ0) is 10.7. The maximum Gasteiger partial charge on any atom is 0.127 e. The van der Waals surface area contributed by atoms with Crippen LogP contribution in [0.25, 0.3) is 0 Å². The number of hydrogen-bond donors (Lipinski definition) is 1. The van der Waals surface area contributed by atoms with Crippen molar-refractivity contribution in [3.05, 3.63) is 29.6 Å². The van der Waals surface area contributed by atoms with Gasteiger partial charge in [-0.25, -0.2) is 4.39 Å². The van der Waals surface area contributed by atoms with Crippen molar-refractivity contribution in [2.24, 2.45) is 0 Å². The molecule has 0 amide bonds. The van der Waals surface area contributed by atoms with Gasteiger partial charge in [-0.1, -0.05) is 0 Å². The first-order chi connectivity index (χ1) is 7.31. The molecule has 1 fully saturated rings. The van der Waals surface area contributed by atoms with Gasteiger partial charge < -0.3 is 10.2 Å². The molecule has 2 rings (SSSR count). The lowest BCUT2D eigenvalue weighted by molar-refractivity contribution is 0.600. The first kappa shape index (κ1) is 10.4. The lowest BCUT2D eigenvalue weighted by Crippen LogP contribution is -2.18. The molecule has 1 N–H and O–H groups in total. The summed E-state index contributed by atoms with van der Waals surface area (Å²) in [6.07, 6.45) is 2.50. The molecule has 0 atom stereocenters. The summed E-state index contributed by atoms with van der Waals surface area (Å²) in [5, 5.41) is 2.98. The Labute approximate surface area is 90.1 Å². The van der Waals surface area contributed by atoms with Crippen LogP contribution in [0.4, 0.5) is 10.1 Å². The van der Waals surface area contributed by atoms with E-state index in [1.54, 1.807) is 6.07 Å². The van der Waals surface area contributed by atoms with Crippen LogP contribution in [0.5, 0.6) is 0 Å². The Morgan fingerprint density at radius 1 is 1.33 bits per heavy atom. The summed E-state index contributed by atoms with van der Waals surface area (Å²) < 4.78 is 13.4. The number of benzene rings is 1. The Kier molecular flexibility index (Phi) is 3.21. The summed E-state index contributed by atoms with van der Waals surface area (Å²) in [4.78, 5) is 2.32. The van der Waals surface area contributed by atoms with Crippen LogP contribution >= 0.6 is 0 Å². The summed E-state index contributed by atoms with van der Waals surface area (Å²) in [5.41, 5.74) is 1.90. The van der Waals surface area contributed by atoms with Crippen molar-refractivity contribution in [2.45, 2.75) is 19.4 Å². The number of anilines is 1. The first-order valence-corrected chi connectivity index (χ1v) is 5.49. The Hall–Kier alpha value is -1.09. The zero-order valence-corrected chi connectivity index (χ0v) is 9.09. The van der Waals surface area contributed by atoms with Crippen LogP contribution in [0.1, 0.15) is 18.4 Å². The van der Waals surface area contributed by atoms with Crippen molar-refractivity contribution in [3.63, 3.8) is 0 Å². The third kappa shape index (κ3) is 2.29. The van der Waals surface area contributed by atoms with Gasteiger partial charge in [-0.15, -0.1) is 0 Å². The van der Waals surface area contributed by atoms with Gasteiger partial charge in [0.05, 0.1) is 0 Å². The van der Waals surface area contributed by atoms with Crippen LogP contribution in [0.15, 0.2) is 18.2 Å². The topological polar surface area (TPSA) is 15.3 Å². The van der Waals surface area contributed by atoms with E-state index >= 15 is 0 Å². The summed E-state index contributed by atoms with van der Waals surface area (Å²) in [6, 6.07) is 5.40. The van der Waals surface area contributed by atoms with Gasteiger partial charge in [0.2, 0.25) is 0 Å². The molecule has 0 radical (unpaired) electrons. The predicted molar refractivity (Wildman–Crippen MR) is 60.6 cm³/mol. The van der Waals surface area contributed by atoms with Gasteiger partial charge in [-0.05, 0) is 38.1 Å². The number of hydrogen-bond acceptors (Lipinski definition) is 2. The van der Waals surface area contributed by atoms with Crippen LogP contribution in [0.2, 0.25) is 0 Å². The van der Waals surface area contributed by atoms with E-state index in [1.807, 2.05) is 19.2 Å². The molecule has 0 aromatic heterocycles. The molecule has 0 aliphatic carbocycles. The highest BCUT2D eigenvalue weighted by Crippen LogP contribution is 2.22. The molecule has 1 aromatic carbocycles. The van der Waals surface area contributed by atoms with E-state index in [0.717, 1.165) is 24.3 Å². The van der Waals surface area contributed by atoms with Crippen molar-refractivity contribution < 1.29 is 4.39 Å². The molecule has 1 saturated heterocycles. The fourth-order valence-electron chi connectivity index (χ4n) is 2.06. The average Bonchev–Trinajstić information content (AvgIpc) is 2.75. The predicted octanol–water partition coefficient (Wildman–Crippen LogP) is 2.15. The van der Waals surface area contributed by atoms with Crippen molar-refractivity contribution in [3.8, 4) is 0 Å². The molecular weight excluding hydrogens is 191 g/mol. The molecule has 3 heteroatoms. The molecule has 0 saturated carbocycles. The van der Waals surface area contributed by atoms with E-state index in [-0.39, 0.29) is 5.82 Å². The number of nitrogens with one attached hydrogen (secondary N) is 1. The molecule has 0 unspecified atom stereocenters. The van der Waals surface area contributed by atoms with Crippen molar-refractivity contribution in [2.75, 3.05) is 25.0 Å². The molecule has 0 spiro atoms. The second kappa shape index (κ2) is 4.62. The highest BCUT2D eigenvalue weighted by atomic mass is 19.1. The molecule has 0 bridgehead atoms. The standard InChI is InChI=1S/C12H17FN2/c1-14-9-10-8-11(4-5-12(10)13)15-6-2-3-7-15/h4-5,8,14H,2-3,6-7,9H2,1H3. The highest BCUT2D eigenvalue weighted by Gasteiger charge is 2.13. The molecule has 1 aliphatic rings. The van der Waals surface area contributed by atoms with Crippen LogP contribution in [-0.4, -0.2) is 20.1 Å². The second-order valence-corrected chi connectivity index (χ2v) is 4.00. The normalized spacial score (nSPS) is 16.0. The van der Waals surface area contributed by atoms with Gasteiger partial charge in [0.1, 0.15) is 5.82 Å². The lowest BCUT2D eigenvalue weighted by Gasteiger charge is -2.18. The van der Waals surface area contributed by atoms with Gasteiger partial charge in [0.25, 0.3) is 0 Å². The van der Waals surface area contributed by atoms with Crippen molar-refractivity contribution >= 4 is 5.69 Å². The molecule has 1 aromatic rings. The van der Waals surface area contributed by atoms with Gasteiger partial charge in [-0.2, -0.15) is 0 Å². The maximum atomic E-state index is 13.4. The average molecular weight is 208 g/mol. The number of nitrogens with zero attached hydrogens (tertiary/aromatic N) is 1. The van der Waals surface area contributed by atoms with Crippen molar-refractivity contribution in [1.29, 1.82) is 0 Å². The van der Waals surface area contributed by atoms with Gasteiger partial charge in [0, 0.05) is 30.9 Å². The minimum atomic E-state index is -0.118. The monoisotopic (exact) mass is 208 g/mol. The highest BCUT2D eigenvalue weighted by molar-refractivity contribution is 5.49. The summed E-state index contributed by atoms with van der Waals surface area (Å²) in [5.74, 6) is -0.118. The van der Waals surface area contributed by atoms with Gasteiger partial charge >= 0.3 is 0 Å². The molecule has 1 heterocycles. The lowest BCUT2D eigenvalue weighted by atomic mass is 10.1. The molecule has 2 nitrogen and oxygen atoms in total. The van der Waals surface area contributed by atoms with E-state index in [9.17, 15) is 4.39 Å². The first-order valence-electron chi connectivity index (χ1n) is 5.49. The van der Waals surface area contributed by atoms with E-state index in [0.29, 0.717) is 6.54 Å². The Morgan fingerprint density at radius 3 is 2.73 bits per heavy atom. The van der Waals surface area contributed by atoms with Crippen LogP contribution < -0.4 is 10.2 Å². The largest absolute Gasteiger partial charge is 0.372 e. The van der Waals surface area contributed by atoms with Crippen LogP contribution in [0.3, 0.4) is 0 Å². The summed E-state index contributed by atoms with van der Waals surface area (Å²) in [7, 11) is 1.84. The smallest absolute Gasteiger partial charge is 0.127 e. The fourth-order valence-corrected chi connectivity index (χ4v) is 2.06. The van der Waals surface area contributed by atoms with Crippen LogP contribution in [-0.2, 0) is 6.54 Å². The van der Waals surface area contributed by atoms with Crippen molar-refractivity contribution in [1.82, 2.24) is 5.32 Å². The minimum Gasteiger partial charge on any atom is -0.372 e. The molecular formula is C12H17FN2. The van der Waals surface area contributed by atoms with E-state index < -0.39 is 0 Å². The molecule has 82 valence electrons. The fraction of sp³-hybridized carbons (Fsp3) is 0.500. The molecule has 15 heavy (non-hydrogen) atoms. The number of rotatable bonds is 3. The van der Waals surface area contributed by atoms with E-state index in [1.165, 1.54) is 12.8 Å². The van der Waals surface area contributed by atoms with E-state index in [4.69, 9.17) is 0 Å². The SMILES string of the molecule is CNCc1cc(N2CCCC2)ccc1F. The summed E-state index contributed by atoms with van der Waals surface area (Å²) >= 11 is 0.